The highest BCUT2D eigenvalue weighted by atomic mass is 16.6. The van der Waals surface area contributed by atoms with Gasteiger partial charge >= 0.3 is 17.9 Å². The van der Waals surface area contributed by atoms with Crippen LogP contribution >= 0.6 is 0 Å². The number of carbonyl (C=O) groups is 3. The van der Waals surface area contributed by atoms with E-state index in [1.54, 1.807) is 0 Å². The number of rotatable bonds is 56. The second kappa shape index (κ2) is 60.4. The predicted octanol–water partition coefficient (Wildman–Crippen LogP) is 20.9. The third-order valence-electron chi connectivity index (χ3n) is 13.4. The summed E-state index contributed by atoms with van der Waals surface area (Å²) in [4.78, 5) is 38.2. The number of allylic oxidation sites excluding steroid dienone is 12. The highest BCUT2D eigenvalue weighted by Crippen LogP contribution is 2.15. The Morgan fingerprint density at radius 3 is 0.806 bits per heavy atom. The first-order valence-corrected chi connectivity index (χ1v) is 30.9. The number of hydrogen-bond acceptors (Lipinski definition) is 6. The van der Waals surface area contributed by atoms with E-state index < -0.39 is 6.10 Å². The summed E-state index contributed by atoms with van der Waals surface area (Å²) < 4.78 is 16.9. The van der Waals surface area contributed by atoms with Gasteiger partial charge in [0.15, 0.2) is 6.10 Å². The first kappa shape index (κ1) is 68.8. The van der Waals surface area contributed by atoms with Gasteiger partial charge < -0.3 is 14.2 Å². The molecule has 1 unspecified atom stereocenters. The maximum atomic E-state index is 12.9. The van der Waals surface area contributed by atoms with E-state index >= 15 is 0 Å². The van der Waals surface area contributed by atoms with E-state index in [-0.39, 0.29) is 31.1 Å². The van der Waals surface area contributed by atoms with Crippen molar-refractivity contribution in [3.8, 4) is 0 Å². The summed E-state index contributed by atoms with van der Waals surface area (Å²) in [6, 6.07) is 0. The molecule has 0 aliphatic rings. The van der Waals surface area contributed by atoms with Crippen molar-refractivity contribution in [3.63, 3.8) is 0 Å². The number of unbranched alkanes of at least 4 members (excludes halogenated alkanes) is 33. The molecule has 0 N–H and O–H groups in total. The summed E-state index contributed by atoms with van der Waals surface area (Å²) in [6.45, 7) is 6.59. The molecule has 0 aliphatic heterocycles. The van der Waals surface area contributed by atoms with Crippen LogP contribution in [0.3, 0.4) is 0 Å². The fraction of sp³-hybridized carbons (Fsp3) is 0.773. The fourth-order valence-electron chi connectivity index (χ4n) is 8.71. The van der Waals surface area contributed by atoms with Gasteiger partial charge in [-0.15, -0.1) is 0 Å². The van der Waals surface area contributed by atoms with E-state index in [1.807, 2.05) is 0 Å². The van der Waals surface area contributed by atoms with Crippen LogP contribution in [-0.4, -0.2) is 37.2 Å². The minimum Gasteiger partial charge on any atom is -0.462 e. The standard InChI is InChI=1S/C66H116O6/c1-4-7-10-13-16-19-22-25-28-30-31-32-33-34-35-36-39-41-44-47-50-53-56-59-65(68)71-62-63(61-70-64(67)58-55-52-49-46-43-40-37-27-24-21-18-15-12-9-6-3)72-66(69)60-57-54-51-48-45-42-38-29-26-23-20-17-14-11-8-5-2/h18,20-23,25,27,29-31,37-38,63H,4-17,19,24,26,28,32-36,39-62H2,1-3H3/b21-18-,23-20-,25-22-,31-30-,37-27-,38-29-. The zero-order chi connectivity index (χ0) is 52.2. The van der Waals surface area contributed by atoms with Crippen molar-refractivity contribution in [1.82, 2.24) is 0 Å². The smallest absolute Gasteiger partial charge is 0.306 e. The van der Waals surface area contributed by atoms with Crippen LogP contribution in [0.1, 0.15) is 310 Å². The Labute approximate surface area is 446 Å². The number of carbonyl (C=O) groups excluding carboxylic acids is 3. The van der Waals surface area contributed by atoms with Gasteiger partial charge in [-0.25, -0.2) is 0 Å². The van der Waals surface area contributed by atoms with Crippen molar-refractivity contribution < 1.29 is 28.6 Å². The molecule has 416 valence electrons. The Bertz CT molecular complexity index is 1340. The third kappa shape index (κ3) is 57.7. The molecule has 0 bridgehead atoms. The molecule has 0 rings (SSSR count). The van der Waals surface area contributed by atoms with Crippen molar-refractivity contribution in [1.29, 1.82) is 0 Å². The Morgan fingerprint density at radius 1 is 0.278 bits per heavy atom. The third-order valence-corrected chi connectivity index (χ3v) is 13.4. The van der Waals surface area contributed by atoms with Crippen LogP contribution in [0.4, 0.5) is 0 Å². The molecule has 6 heteroatoms. The van der Waals surface area contributed by atoms with E-state index in [1.165, 1.54) is 161 Å². The van der Waals surface area contributed by atoms with Crippen LogP contribution in [0.5, 0.6) is 0 Å². The van der Waals surface area contributed by atoms with E-state index in [2.05, 4.69) is 93.7 Å². The van der Waals surface area contributed by atoms with E-state index in [0.717, 1.165) is 109 Å². The first-order chi connectivity index (χ1) is 35.5. The van der Waals surface area contributed by atoms with Crippen molar-refractivity contribution >= 4 is 17.9 Å². The van der Waals surface area contributed by atoms with Crippen LogP contribution in [0, 0.1) is 0 Å². The Kier molecular flexibility index (Phi) is 57.8. The van der Waals surface area contributed by atoms with Crippen LogP contribution in [0.15, 0.2) is 72.9 Å². The zero-order valence-electron chi connectivity index (χ0n) is 47.7. The molecule has 72 heavy (non-hydrogen) atoms. The van der Waals surface area contributed by atoms with Gasteiger partial charge in [-0.3, -0.25) is 14.4 Å². The van der Waals surface area contributed by atoms with Crippen molar-refractivity contribution in [2.24, 2.45) is 0 Å². The first-order valence-electron chi connectivity index (χ1n) is 30.9. The monoisotopic (exact) mass is 1000 g/mol. The van der Waals surface area contributed by atoms with Crippen molar-refractivity contribution in [2.45, 2.75) is 316 Å². The van der Waals surface area contributed by atoms with Crippen LogP contribution in [-0.2, 0) is 28.6 Å². The maximum Gasteiger partial charge on any atom is 0.306 e. The number of ether oxygens (including phenoxy) is 3. The molecule has 0 saturated heterocycles. The van der Waals surface area contributed by atoms with Gasteiger partial charge in [-0.2, -0.15) is 0 Å². The van der Waals surface area contributed by atoms with Gasteiger partial charge in [0.25, 0.3) is 0 Å². The molecule has 0 radical (unpaired) electrons. The summed E-state index contributed by atoms with van der Waals surface area (Å²) in [5.41, 5.74) is 0. The minimum absolute atomic E-state index is 0.0858. The summed E-state index contributed by atoms with van der Waals surface area (Å²) in [6.07, 6.45) is 77.5. The molecule has 0 aromatic rings. The molecule has 0 fully saturated rings. The molecular weight excluding hydrogens is 889 g/mol. The van der Waals surface area contributed by atoms with Crippen molar-refractivity contribution in [2.75, 3.05) is 13.2 Å². The van der Waals surface area contributed by atoms with Gasteiger partial charge in [0.1, 0.15) is 13.2 Å². The largest absolute Gasteiger partial charge is 0.462 e. The second-order valence-electron chi connectivity index (χ2n) is 20.6. The summed E-state index contributed by atoms with van der Waals surface area (Å²) in [7, 11) is 0. The van der Waals surface area contributed by atoms with Crippen LogP contribution < -0.4 is 0 Å². The molecular formula is C66H116O6. The van der Waals surface area contributed by atoms with Gasteiger partial charge in [-0.05, 0) is 116 Å². The Balaban J connectivity index is 4.36. The quantitative estimate of drug-likeness (QED) is 0.0261. The lowest BCUT2D eigenvalue weighted by molar-refractivity contribution is -0.167. The molecule has 0 aromatic heterocycles. The van der Waals surface area contributed by atoms with E-state index in [4.69, 9.17) is 14.2 Å². The van der Waals surface area contributed by atoms with Gasteiger partial charge in [-0.1, -0.05) is 248 Å². The Hall–Kier alpha value is -3.15. The molecule has 0 aromatic carbocycles. The van der Waals surface area contributed by atoms with Crippen LogP contribution in [0.2, 0.25) is 0 Å². The Morgan fingerprint density at radius 2 is 0.500 bits per heavy atom. The SMILES string of the molecule is CCCCC/C=C\C/C=C\CCCCCCCC(=O)OCC(COC(=O)CCCCCCCCCCCCC/C=C\C/C=C\CCCCCCC)OC(=O)CCCCCCC/C=C\C/C=C\CCCCCC. The maximum absolute atomic E-state index is 12.9. The molecule has 6 nitrogen and oxygen atoms in total. The lowest BCUT2D eigenvalue weighted by Crippen LogP contribution is -2.30. The van der Waals surface area contributed by atoms with E-state index in [9.17, 15) is 14.4 Å². The average molecular weight is 1010 g/mol. The molecule has 0 amide bonds. The normalized spacial score (nSPS) is 12.5. The molecule has 0 heterocycles. The van der Waals surface area contributed by atoms with Gasteiger partial charge in [0, 0.05) is 19.3 Å². The number of esters is 3. The molecule has 0 saturated carbocycles. The molecule has 0 spiro atoms. The minimum atomic E-state index is -0.790. The zero-order valence-corrected chi connectivity index (χ0v) is 47.7. The average Bonchev–Trinajstić information content (AvgIpc) is 3.38. The highest BCUT2D eigenvalue weighted by Gasteiger charge is 2.19. The fourth-order valence-corrected chi connectivity index (χ4v) is 8.71. The van der Waals surface area contributed by atoms with Gasteiger partial charge in [0.2, 0.25) is 0 Å². The van der Waals surface area contributed by atoms with Gasteiger partial charge in [0.05, 0.1) is 0 Å². The number of hydrogen-bond donors (Lipinski definition) is 0. The summed E-state index contributed by atoms with van der Waals surface area (Å²) in [5, 5.41) is 0. The second-order valence-corrected chi connectivity index (χ2v) is 20.6. The lowest BCUT2D eigenvalue weighted by Gasteiger charge is -2.18. The lowest BCUT2D eigenvalue weighted by atomic mass is 10.0. The highest BCUT2D eigenvalue weighted by molar-refractivity contribution is 5.71. The van der Waals surface area contributed by atoms with Crippen molar-refractivity contribution in [3.05, 3.63) is 72.9 Å². The summed E-state index contributed by atoms with van der Waals surface area (Å²) >= 11 is 0. The molecule has 0 aliphatic carbocycles. The van der Waals surface area contributed by atoms with E-state index in [0.29, 0.717) is 19.3 Å². The predicted molar refractivity (Wildman–Crippen MR) is 311 cm³/mol. The molecule has 1 atom stereocenters. The summed E-state index contributed by atoms with van der Waals surface area (Å²) in [5.74, 6) is -0.905. The van der Waals surface area contributed by atoms with Crippen LogP contribution in [0.25, 0.3) is 0 Å². The topological polar surface area (TPSA) is 78.9 Å².